The first kappa shape index (κ1) is 13.1. The lowest BCUT2D eigenvalue weighted by Gasteiger charge is -2.21. The Bertz CT molecular complexity index is 423. The molecule has 0 radical (unpaired) electrons. The van der Waals surface area contributed by atoms with Gasteiger partial charge in [0.2, 0.25) is 0 Å². The summed E-state index contributed by atoms with van der Waals surface area (Å²) < 4.78 is 18.4. The number of hydrogen-bond acceptors (Lipinski definition) is 2. The Kier molecular flexibility index (Phi) is 4.34. The molecule has 0 heterocycles. The first-order chi connectivity index (χ1) is 8.66. The van der Waals surface area contributed by atoms with E-state index >= 15 is 0 Å². The fourth-order valence-electron chi connectivity index (χ4n) is 2.40. The third-order valence-electron chi connectivity index (χ3n) is 3.57. The first-order valence-corrected chi connectivity index (χ1v) is 6.60. The van der Waals surface area contributed by atoms with Gasteiger partial charge < -0.3 is 4.74 Å². The van der Waals surface area contributed by atoms with Crippen LogP contribution in [0.25, 0.3) is 0 Å². The number of ether oxygens (including phenoxy) is 1. The van der Waals surface area contributed by atoms with Crippen LogP contribution in [0.1, 0.15) is 48.0 Å². The fourth-order valence-corrected chi connectivity index (χ4v) is 2.40. The Labute approximate surface area is 107 Å². The van der Waals surface area contributed by atoms with Gasteiger partial charge in [-0.2, -0.15) is 0 Å². The second-order valence-electron chi connectivity index (χ2n) is 5.07. The molecule has 1 aromatic rings. The van der Waals surface area contributed by atoms with Crippen LogP contribution >= 0.6 is 0 Å². The molecule has 0 saturated heterocycles. The monoisotopic (exact) mass is 250 g/mol. The van der Waals surface area contributed by atoms with Gasteiger partial charge in [0.05, 0.1) is 12.2 Å². The summed E-state index contributed by atoms with van der Waals surface area (Å²) in [5.74, 6) is -0.133. The zero-order valence-electron chi connectivity index (χ0n) is 10.7. The summed E-state index contributed by atoms with van der Waals surface area (Å²) in [6.07, 6.45) is 6.06. The topological polar surface area (TPSA) is 26.3 Å². The van der Waals surface area contributed by atoms with E-state index in [0.29, 0.717) is 23.7 Å². The van der Waals surface area contributed by atoms with E-state index < -0.39 is 0 Å². The van der Waals surface area contributed by atoms with E-state index in [-0.39, 0.29) is 11.8 Å². The van der Waals surface area contributed by atoms with Gasteiger partial charge in [-0.3, -0.25) is 0 Å². The lowest BCUT2D eigenvalue weighted by molar-refractivity contribution is 0.0410. The van der Waals surface area contributed by atoms with Gasteiger partial charge in [-0.05, 0) is 49.4 Å². The van der Waals surface area contributed by atoms with E-state index in [0.717, 1.165) is 12.8 Å². The van der Waals surface area contributed by atoms with Gasteiger partial charge in [0.1, 0.15) is 5.82 Å². The Morgan fingerprint density at radius 3 is 2.72 bits per heavy atom. The molecule has 0 N–H and O–H groups in total. The molecule has 0 aliphatic heterocycles. The number of aryl methyl sites for hydroxylation is 1. The van der Waals surface area contributed by atoms with Crippen LogP contribution in [0, 0.1) is 18.7 Å². The number of hydrogen-bond donors (Lipinski definition) is 0. The van der Waals surface area contributed by atoms with Crippen molar-refractivity contribution >= 4 is 5.97 Å². The summed E-state index contributed by atoms with van der Waals surface area (Å²) in [7, 11) is 0. The zero-order chi connectivity index (χ0) is 13.0. The Morgan fingerprint density at radius 2 is 2.06 bits per heavy atom. The maximum absolute atomic E-state index is 13.1. The minimum Gasteiger partial charge on any atom is -0.462 e. The van der Waals surface area contributed by atoms with Crippen molar-refractivity contribution in [1.29, 1.82) is 0 Å². The molecule has 3 heteroatoms. The summed E-state index contributed by atoms with van der Waals surface area (Å²) in [4.78, 5) is 11.8. The number of rotatable bonds is 3. The van der Waals surface area contributed by atoms with Gasteiger partial charge in [0.25, 0.3) is 0 Å². The van der Waals surface area contributed by atoms with Crippen LogP contribution in [0.15, 0.2) is 18.2 Å². The van der Waals surface area contributed by atoms with Gasteiger partial charge in [0, 0.05) is 0 Å². The van der Waals surface area contributed by atoms with Crippen LogP contribution in [0.3, 0.4) is 0 Å². The summed E-state index contributed by atoms with van der Waals surface area (Å²) in [5.41, 5.74) is 0.909. The SMILES string of the molecule is Cc1cc(C(=O)OCC2CCCCC2)ccc1F. The van der Waals surface area contributed by atoms with E-state index in [1.807, 2.05) is 0 Å². The quantitative estimate of drug-likeness (QED) is 0.761. The molecule has 98 valence electrons. The standard InChI is InChI=1S/C15H19FO2/c1-11-9-13(7-8-14(11)16)15(17)18-10-12-5-3-2-4-6-12/h7-9,12H,2-6,10H2,1H3. The van der Waals surface area contributed by atoms with Gasteiger partial charge in [0.15, 0.2) is 0 Å². The van der Waals surface area contributed by atoms with Crippen molar-refractivity contribution in [2.45, 2.75) is 39.0 Å². The Morgan fingerprint density at radius 1 is 1.33 bits per heavy atom. The predicted octanol–water partition coefficient (Wildman–Crippen LogP) is 3.87. The lowest BCUT2D eigenvalue weighted by atomic mass is 9.90. The van der Waals surface area contributed by atoms with E-state index in [2.05, 4.69) is 0 Å². The first-order valence-electron chi connectivity index (χ1n) is 6.60. The molecule has 0 bridgehead atoms. The number of esters is 1. The molecule has 1 saturated carbocycles. The number of benzene rings is 1. The maximum Gasteiger partial charge on any atom is 0.338 e. The van der Waals surface area contributed by atoms with Crippen molar-refractivity contribution in [2.24, 2.45) is 5.92 Å². The van der Waals surface area contributed by atoms with Crippen LogP contribution in [-0.4, -0.2) is 12.6 Å². The molecule has 1 aromatic carbocycles. The Balaban J connectivity index is 1.88. The molecule has 2 nitrogen and oxygen atoms in total. The molecule has 2 rings (SSSR count). The van der Waals surface area contributed by atoms with Crippen molar-refractivity contribution in [3.8, 4) is 0 Å². The molecular formula is C15H19FO2. The molecule has 0 aromatic heterocycles. The largest absolute Gasteiger partial charge is 0.462 e. The minimum atomic E-state index is -0.344. The molecule has 1 aliphatic rings. The van der Waals surface area contributed by atoms with Gasteiger partial charge >= 0.3 is 5.97 Å². The van der Waals surface area contributed by atoms with Crippen molar-refractivity contribution in [2.75, 3.05) is 6.61 Å². The van der Waals surface area contributed by atoms with Crippen molar-refractivity contribution in [1.82, 2.24) is 0 Å². The summed E-state index contributed by atoms with van der Waals surface area (Å²) >= 11 is 0. The highest BCUT2D eigenvalue weighted by Crippen LogP contribution is 2.24. The van der Waals surface area contributed by atoms with Gasteiger partial charge in [-0.1, -0.05) is 19.3 Å². The van der Waals surface area contributed by atoms with E-state index in [1.165, 1.54) is 31.4 Å². The highest BCUT2D eigenvalue weighted by Gasteiger charge is 2.16. The highest BCUT2D eigenvalue weighted by atomic mass is 19.1. The fraction of sp³-hybridized carbons (Fsp3) is 0.533. The van der Waals surface area contributed by atoms with Crippen molar-refractivity contribution < 1.29 is 13.9 Å². The van der Waals surface area contributed by atoms with E-state index in [4.69, 9.17) is 4.74 Å². The smallest absolute Gasteiger partial charge is 0.338 e. The molecule has 0 atom stereocenters. The normalized spacial score (nSPS) is 16.6. The second-order valence-corrected chi connectivity index (χ2v) is 5.07. The Hall–Kier alpha value is -1.38. The number of halogens is 1. The summed E-state index contributed by atoms with van der Waals surface area (Å²) in [5, 5.41) is 0. The highest BCUT2D eigenvalue weighted by molar-refractivity contribution is 5.89. The van der Waals surface area contributed by atoms with E-state index in [9.17, 15) is 9.18 Å². The summed E-state index contributed by atoms with van der Waals surface area (Å²) in [6, 6.07) is 4.33. The molecule has 0 spiro atoms. The van der Waals surface area contributed by atoms with Crippen molar-refractivity contribution in [3.63, 3.8) is 0 Å². The average molecular weight is 250 g/mol. The van der Waals surface area contributed by atoms with Crippen LogP contribution in [0.5, 0.6) is 0 Å². The molecule has 1 aliphatic carbocycles. The third kappa shape index (κ3) is 3.31. The lowest BCUT2D eigenvalue weighted by Crippen LogP contribution is -2.16. The molecule has 1 fully saturated rings. The van der Waals surface area contributed by atoms with Gasteiger partial charge in [-0.15, -0.1) is 0 Å². The van der Waals surface area contributed by atoms with Crippen LogP contribution in [-0.2, 0) is 4.74 Å². The minimum absolute atomic E-state index is 0.293. The number of carbonyl (C=O) groups excluding carboxylic acids is 1. The molecule has 0 amide bonds. The van der Waals surface area contributed by atoms with Crippen LogP contribution in [0.4, 0.5) is 4.39 Å². The number of carbonyl (C=O) groups is 1. The second kappa shape index (κ2) is 5.98. The maximum atomic E-state index is 13.1. The molecule has 18 heavy (non-hydrogen) atoms. The third-order valence-corrected chi connectivity index (χ3v) is 3.57. The zero-order valence-corrected chi connectivity index (χ0v) is 10.7. The predicted molar refractivity (Wildman–Crippen MR) is 68.0 cm³/mol. The molecular weight excluding hydrogens is 231 g/mol. The molecule has 0 unspecified atom stereocenters. The van der Waals surface area contributed by atoms with Gasteiger partial charge in [-0.25, -0.2) is 9.18 Å². The van der Waals surface area contributed by atoms with Crippen molar-refractivity contribution in [3.05, 3.63) is 35.1 Å². The van der Waals surface area contributed by atoms with Crippen LogP contribution < -0.4 is 0 Å². The van der Waals surface area contributed by atoms with Crippen LogP contribution in [0.2, 0.25) is 0 Å². The van der Waals surface area contributed by atoms with E-state index in [1.54, 1.807) is 13.0 Å². The average Bonchev–Trinajstić information content (AvgIpc) is 2.40. The summed E-state index contributed by atoms with van der Waals surface area (Å²) in [6.45, 7) is 2.14.